The maximum atomic E-state index is 11.0. The van der Waals surface area contributed by atoms with Crippen LogP contribution >= 0.6 is 11.6 Å². The van der Waals surface area contributed by atoms with Crippen LogP contribution in [0.4, 0.5) is 5.69 Å². The molecule has 0 atom stereocenters. The zero-order valence-corrected chi connectivity index (χ0v) is 11.5. The van der Waals surface area contributed by atoms with Crippen LogP contribution in [0.15, 0.2) is 18.2 Å². The van der Waals surface area contributed by atoms with Crippen molar-refractivity contribution in [3.05, 3.63) is 38.9 Å². The van der Waals surface area contributed by atoms with Crippen molar-refractivity contribution in [2.45, 2.75) is 6.54 Å². The molecule has 0 aliphatic heterocycles. The van der Waals surface area contributed by atoms with Crippen molar-refractivity contribution in [1.82, 2.24) is 4.90 Å². The summed E-state index contributed by atoms with van der Waals surface area (Å²) in [5, 5.41) is 20.4. The van der Waals surface area contributed by atoms with E-state index in [9.17, 15) is 10.1 Å². The molecule has 0 aliphatic carbocycles. The fourth-order valence-corrected chi connectivity index (χ4v) is 1.93. The maximum absolute atomic E-state index is 11.0. The summed E-state index contributed by atoms with van der Waals surface area (Å²) >= 11 is 5.87. The second-order valence-electron chi connectivity index (χ2n) is 4.02. The lowest BCUT2D eigenvalue weighted by Crippen LogP contribution is -2.30. The fraction of sp³-hybridized carbons (Fsp3) is 0.500. The van der Waals surface area contributed by atoms with E-state index in [2.05, 4.69) is 0 Å². The lowest BCUT2D eigenvalue weighted by molar-refractivity contribution is -0.385. The molecule has 0 fully saturated rings. The molecule has 19 heavy (non-hydrogen) atoms. The van der Waals surface area contributed by atoms with E-state index in [-0.39, 0.29) is 12.3 Å². The van der Waals surface area contributed by atoms with Gasteiger partial charge in [0.25, 0.3) is 5.69 Å². The van der Waals surface area contributed by atoms with Gasteiger partial charge in [-0.25, -0.2) is 0 Å². The Balaban J connectivity index is 2.87. The van der Waals surface area contributed by atoms with E-state index in [1.165, 1.54) is 12.1 Å². The number of benzene rings is 1. The van der Waals surface area contributed by atoms with Crippen molar-refractivity contribution < 1.29 is 14.8 Å². The van der Waals surface area contributed by atoms with Gasteiger partial charge in [-0.2, -0.15) is 0 Å². The number of methoxy groups -OCH3 is 1. The molecule has 0 heterocycles. The Bertz CT molecular complexity index is 428. The normalized spacial score (nSPS) is 10.9. The van der Waals surface area contributed by atoms with Crippen LogP contribution in [-0.2, 0) is 11.3 Å². The zero-order valence-electron chi connectivity index (χ0n) is 10.7. The lowest BCUT2D eigenvalue weighted by Gasteiger charge is -2.20. The van der Waals surface area contributed by atoms with Gasteiger partial charge in [-0.3, -0.25) is 15.0 Å². The molecule has 1 aromatic rings. The number of rotatable bonds is 8. The third kappa shape index (κ3) is 5.12. The minimum atomic E-state index is -0.431. The predicted molar refractivity (Wildman–Crippen MR) is 72.3 cm³/mol. The highest BCUT2D eigenvalue weighted by atomic mass is 35.5. The third-order valence-corrected chi connectivity index (χ3v) is 2.90. The molecule has 1 aromatic carbocycles. The van der Waals surface area contributed by atoms with Gasteiger partial charge in [0, 0.05) is 43.4 Å². The Kier molecular flexibility index (Phi) is 6.72. The summed E-state index contributed by atoms with van der Waals surface area (Å²) in [4.78, 5) is 12.4. The summed E-state index contributed by atoms with van der Waals surface area (Å²) in [6.45, 7) is 1.83. The van der Waals surface area contributed by atoms with Gasteiger partial charge in [0.1, 0.15) is 0 Å². The number of aliphatic hydroxyl groups is 1. The maximum Gasteiger partial charge on any atom is 0.273 e. The van der Waals surface area contributed by atoms with Crippen LogP contribution in [-0.4, -0.2) is 48.3 Å². The van der Waals surface area contributed by atoms with Crippen LogP contribution in [0.5, 0.6) is 0 Å². The summed E-state index contributed by atoms with van der Waals surface area (Å²) in [6, 6.07) is 4.47. The van der Waals surface area contributed by atoms with E-state index < -0.39 is 4.92 Å². The molecule has 0 saturated carbocycles. The van der Waals surface area contributed by atoms with E-state index in [4.69, 9.17) is 21.4 Å². The van der Waals surface area contributed by atoms with Crippen molar-refractivity contribution in [2.24, 2.45) is 0 Å². The molecule has 0 bridgehead atoms. The van der Waals surface area contributed by atoms with Gasteiger partial charge in [0.05, 0.1) is 18.1 Å². The monoisotopic (exact) mass is 288 g/mol. The first-order chi connectivity index (χ1) is 9.08. The summed E-state index contributed by atoms with van der Waals surface area (Å²) in [5.41, 5.74) is 0.562. The number of nitro benzene ring substituents is 1. The minimum Gasteiger partial charge on any atom is -0.395 e. The Hall–Kier alpha value is -1.21. The third-order valence-electron chi connectivity index (χ3n) is 2.66. The number of ether oxygens (including phenoxy) is 1. The van der Waals surface area contributed by atoms with Gasteiger partial charge in [0.15, 0.2) is 0 Å². The Morgan fingerprint density at radius 2 is 2.21 bits per heavy atom. The first-order valence-corrected chi connectivity index (χ1v) is 6.21. The highest BCUT2D eigenvalue weighted by molar-refractivity contribution is 6.30. The highest BCUT2D eigenvalue weighted by Gasteiger charge is 2.16. The van der Waals surface area contributed by atoms with Gasteiger partial charge in [0.2, 0.25) is 0 Å². The first-order valence-electron chi connectivity index (χ1n) is 5.83. The largest absolute Gasteiger partial charge is 0.395 e. The average molecular weight is 289 g/mol. The molecule has 0 aromatic heterocycles. The summed E-state index contributed by atoms with van der Waals surface area (Å²) in [6.07, 6.45) is 0. The minimum absolute atomic E-state index is 0.0158. The molecule has 0 amide bonds. The molecule has 6 nitrogen and oxygen atoms in total. The second kappa shape index (κ2) is 8.06. The molecular formula is C12H17ClN2O4. The number of halogens is 1. The topological polar surface area (TPSA) is 75.8 Å². The summed E-state index contributed by atoms with van der Waals surface area (Å²) < 4.78 is 4.97. The smallest absolute Gasteiger partial charge is 0.273 e. The van der Waals surface area contributed by atoms with Crippen LogP contribution < -0.4 is 0 Å². The van der Waals surface area contributed by atoms with Gasteiger partial charge < -0.3 is 9.84 Å². The van der Waals surface area contributed by atoms with Gasteiger partial charge >= 0.3 is 0 Å². The Morgan fingerprint density at radius 1 is 1.47 bits per heavy atom. The number of aliphatic hydroxyl groups excluding tert-OH is 1. The van der Waals surface area contributed by atoms with E-state index in [1.54, 1.807) is 13.2 Å². The van der Waals surface area contributed by atoms with Crippen LogP contribution in [0.3, 0.4) is 0 Å². The predicted octanol–water partition coefficient (Wildman–Crippen LogP) is 1.69. The Labute approximate surface area is 116 Å². The Morgan fingerprint density at radius 3 is 2.79 bits per heavy atom. The van der Waals surface area contributed by atoms with Crippen molar-refractivity contribution >= 4 is 17.3 Å². The van der Waals surface area contributed by atoms with E-state index in [0.717, 1.165) is 0 Å². The zero-order chi connectivity index (χ0) is 14.3. The van der Waals surface area contributed by atoms with Crippen molar-refractivity contribution in [1.29, 1.82) is 0 Å². The molecule has 7 heteroatoms. The molecule has 0 saturated heterocycles. The molecular weight excluding hydrogens is 272 g/mol. The molecule has 0 aliphatic rings. The van der Waals surface area contributed by atoms with Gasteiger partial charge in [-0.1, -0.05) is 11.6 Å². The van der Waals surface area contributed by atoms with Crippen molar-refractivity contribution in [3.63, 3.8) is 0 Å². The SMILES string of the molecule is COCCN(CCO)Cc1cc(Cl)ccc1[N+](=O)[O-]. The first kappa shape index (κ1) is 15.8. The van der Waals surface area contributed by atoms with E-state index in [1.807, 2.05) is 4.90 Å². The standard InChI is InChI=1S/C12H17ClN2O4/c1-19-7-5-14(4-6-16)9-10-8-11(13)2-3-12(10)15(17)18/h2-3,8,16H,4-7,9H2,1H3. The average Bonchev–Trinajstić information content (AvgIpc) is 2.36. The molecule has 1 N–H and O–H groups in total. The molecule has 0 radical (unpaired) electrons. The number of nitrogens with zero attached hydrogens (tertiary/aromatic N) is 2. The number of hydrogen-bond acceptors (Lipinski definition) is 5. The van der Waals surface area contributed by atoms with Crippen LogP contribution in [0, 0.1) is 10.1 Å². The number of nitro groups is 1. The summed E-state index contributed by atoms with van der Waals surface area (Å²) in [7, 11) is 1.58. The van der Waals surface area contributed by atoms with E-state index in [0.29, 0.717) is 36.8 Å². The molecule has 106 valence electrons. The highest BCUT2D eigenvalue weighted by Crippen LogP contribution is 2.24. The van der Waals surface area contributed by atoms with Crippen LogP contribution in [0.1, 0.15) is 5.56 Å². The quantitative estimate of drug-likeness (QED) is 0.582. The van der Waals surface area contributed by atoms with Crippen LogP contribution in [0.25, 0.3) is 0 Å². The lowest BCUT2D eigenvalue weighted by atomic mass is 10.1. The van der Waals surface area contributed by atoms with E-state index >= 15 is 0 Å². The van der Waals surface area contributed by atoms with Crippen LogP contribution in [0.2, 0.25) is 5.02 Å². The molecule has 0 spiro atoms. The van der Waals surface area contributed by atoms with Gasteiger partial charge in [-0.15, -0.1) is 0 Å². The number of hydrogen-bond donors (Lipinski definition) is 1. The fourth-order valence-electron chi connectivity index (χ4n) is 1.73. The van der Waals surface area contributed by atoms with Gasteiger partial charge in [-0.05, 0) is 12.1 Å². The molecule has 1 rings (SSSR count). The molecule has 0 unspecified atom stereocenters. The van der Waals surface area contributed by atoms with Crippen molar-refractivity contribution in [2.75, 3.05) is 33.4 Å². The second-order valence-corrected chi connectivity index (χ2v) is 4.46. The van der Waals surface area contributed by atoms with Crippen molar-refractivity contribution in [3.8, 4) is 0 Å². The summed E-state index contributed by atoms with van der Waals surface area (Å²) in [5.74, 6) is 0.